The number of rotatable bonds is 1. The highest BCUT2D eigenvalue weighted by molar-refractivity contribution is 7.25. The molecule has 3 heteroatoms. The number of aryl methyl sites for hydroxylation is 2. The summed E-state index contributed by atoms with van der Waals surface area (Å²) in [7, 11) is 0. The van der Waals surface area contributed by atoms with E-state index in [1.807, 2.05) is 0 Å². The van der Waals surface area contributed by atoms with E-state index < -0.39 is 0 Å². The van der Waals surface area contributed by atoms with Gasteiger partial charge in [-0.1, -0.05) is 35.4 Å². The standard InChI is InChI=1S/C18H14N2S/c1-11-7-12(2)9-13(8-11)17-16-14-5-3-4-6-15(14)21-18(16)20-10-19-17/h3-10H,1-2H3. The van der Waals surface area contributed by atoms with Gasteiger partial charge in [0.25, 0.3) is 0 Å². The second kappa shape index (κ2) is 4.64. The largest absolute Gasteiger partial charge is 0.236 e. The molecule has 2 heterocycles. The van der Waals surface area contributed by atoms with Gasteiger partial charge in [0.05, 0.1) is 5.69 Å². The van der Waals surface area contributed by atoms with Gasteiger partial charge in [0.1, 0.15) is 11.2 Å². The van der Waals surface area contributed by atoms with Crippen LogP contribution in [-0.4, -0.2) is 9.97 Å². The predicted octanol–water partition coefficient (Wildman–Crippen LogP) is 5.13. The summed E-state index contributed by atoms with van der Waals surface area (Å²) in [6.45, 7) is 4.25. The van der Waals surface area contributed by atoms with Crippen molar-refractivity contribution >= 4 is 31.6 Å². The number of benzene rings is 2. The van der Waals surface area contributed by atoms with Crippen LogP contribution in [0.15, 0.2) is 48.8 Å². The first kappa shape index (κ1) is 12.5. The Balaban J connectivity index is 2.13. The Labute approximate surface area is 127 Å². The Kier molecular flexibility index (Phi) is 2.76. The molecule has 2 aromatic carbocycles. The molecule has 0 spiro atoms. The third-order valence-electron chi connectivity index (χ3n) is 3.67. The van der Waals surface area contributed by atoms with Gasteiger partial charge in [0.15, 0.2) is 0 Å². The van der Waals surface area contributed by atoms with E-state index in [9.17, 15) is 0 Å². The molecular weight excluding hydrogens is 276 g/mol. The van der Waals surface area contributed by atoms with Crippen molar-refractivity contribution in [2.45, 2.75) is 13.8 Å². The normalized spacial score (nSPS) is 11.3. The Morgan fingerprint density at radius 1 is 0.905 bits per heavy atom. The molecule has 0 aliphatic heterocycles. The molecule has 0 saturated carbocycles. The van der Waals surface area contributed by atoms with Gasteiger partial charge in [-0.15, -0.1) is 11.3 Å². The molecular formula is C18H14N2S. The molecule has 0 atom stereocenters. The molecule has 0 N–H and O–H groups in total. The zero-order chi connectivity index (χ0) is 14.4. The number of hydrogen-bond donors (Lipinski definition) is 0. The summed E-state index contributed by atoms with van der Waals surface area (Å²) in [5.41, 5.74) is 4.72. The number of hydrogen-bond acceptors (Lipinski definition) is 3. The van der Waals surface area contributed by atoms with Gasteiger partial charge >= 0.3 is 0 Å². The predicted molar refractivity (Wildman–Crippen MR) is 89.8 cm³/mol. The summed E-state index contributed by atoms with van der Waals surface area (Å²) in [4.78, 5) is 10.1. The van der Waals surface area contributed by atoms with Crippen LogP contribution in [0.4, 0.5) is 0 Å². The van der Waals surface area contributed by atoms with Crippen LogP contribution in [0, 0.1) is 13.8 Å². The average Bonchev–Trinajstić information content (AvgIpc) is 2.84. The van der Waals surface area contributed by atoms with Crippen molar-refractivity contribution in [3.63, 3.8) is 0 Å². The molecule has 0 bridgehead atoms. The molecule has 0 amide bonds. The second-order valence-electron chi connectivity index (χ2n) is 5.38. The Hall–Kier alpha value is -2.26. The molecule has 2 aromatic heterocycles. The van der Waals surface area contributed by atoms with Crippen LogP contribution in [0.25, 0.3) is 31.6 Å². The second-order valence-corrected chi connectivity index (χ2v) is 6.41. The maximum absolute atomic E-state index is 4.58. The highest BCUT2D eigenvalue weighted by Gasteiger charge is 2.13. The van der Waals surface area contributed by atoms with Crippen LogP contribution >= 0.6 is 11.3 Å². The maximum atomic E-state index is 4.58. The third-order valence-corrected chi connectivity index (χ3v) is 4.75. The SMILES string of the molecule is Cc1cc(C)cc(-c2ncnc3sc4ccccc4c23)c1. The molecule has 4 aromatic rings. The highest BCUT2D eigenvalue weighted by atomic mass is 32.1. The number of nitrogens with zero attached hydrogens (tertiary/aromatic N) is 2. The van der Waals surface area contributed by atoms with Crippen LogP contribution in [0.1, 0.15) is 11.1 Å². The molecule has 2 nitrogen and oxygen atoms in total. The molecule has 0 saturated heterocycles. The molecule has 0 unspecified atom stereocenters. The summed E-state index contributed by atoms with van der Waals surface area (Å²) < 4.78 is 1.26. The summed E-state index contributed by atoms with van der Waals surface area (Å²) in [5.74, 6) is 0. The van der Waals surface area contributed by atoms with Crippen LogP contribution in [0.3, 0.4) is 0 Å². The highest BCUT2D eigenvalue weighted by Crippen LogP contribution is 2.37. The topological polar surface area (TPSA) is 25.8 Å². The van der Waals surface area contributed by atoms with E-state index in [1.54, 1.807) is 17.7 Å². The zero-order valence-electron chi connectivity index (χ0n) is 11.9. The van der Waals surface area contributed by atoms with E-state index >= 15 is 0 Å². The lowest BCUT2D eigenvalue weighted by atomic mass is 10.0. The summed E-state index contributed by atoms with van der Waals surface area (Å²) >= 11 is 1.73. The smallest absolute Gasteiger partial charge is 0.128 e. The monoisotopic (exact) mass is 290 g/mol. The van der Waals surface area contributed by atoms with Gasteiger partial charge in [-0.2, -0.15) is 0 Å². The van der Waals surface area contributed by atoms with Crippen molar-refractivity contribution < 1.29 is 0 Å². The van der Waals surface area contributed by atoms with E-state index in [0.29, 0.717) is 0 Å². The summed E-state index contributed by atoms with van der Waals surface area (Å²) in [6.07, 6.45) is 1.67. The lowest BCUT2D eigenvalue weighted by molar-refractivity contribution is 1.23. The zero-order valence-corrected chi connectivity index (χ0v) is 12.7. The first-order valence-corrected chi connectivity index (χ1v) is 7.75. The average molecular weight is 290 g/mol. The number of aromatic nitrogens is 2. The fourth-order valence-corrected chi connectivity index (χ4v) is 3.93. The van der Waals surface area contributed by atoms with Crippen molar-refractivity contribution in [1.82, 2.24) is 9.97 Å². The van der Waals surface area contributed by atoms with Crippen molar-refractivity contribution in [2.24, 2.45) is 0 Å². The minimum Gasteiger partial charge on any atom is -0.236 e. The van der Waals surface area contributed by atoms with E-state index in [1.165, 1.54) is 32.2 Å². The summed E-state index contributed by atoms with van der Waals surface area (Å²) in [5, 5.41) is 2.41. The fraction of sp³-hybridized carbons (Fsp3) is 0.111. The van der Waals surface area contributed by atoms with Crippen LogP contribution in [0.2, 0.25) is 0 Å². The fourth-order valence-electron chi connectivity index (χ4n) is 2.89. The van der Waals surface area contributed by atoms with Crippen LogP contribution < -0.4 is 0 Å². The summed E-state index contributed by atoms with van der Waals surface area (Å²) in [6, 6.07) is 15.0. The van der Waals surface area contributed by atoms with E-state index in [4.69, 9.17) is 0 Å². The third kappa shape index (κ3) is 2.01. The molecule has 0 fully saturated rings. The lowest BCUT2D eigenvalue weighted by Crippen LogP contribution is -1.88. The van der Waals surface area contributed by atoms with Gasteiger partial charge in [-0.05, 0) is 32.0 Å². The lowest BCUT2D eigenvalue weighted by Gasteiger charge is -2.06. The van der Waals surface area contributed by atoms with Gasteiger partial charge in [0.2, 0.25) is 0 Å². The minimum absolute atomic E-state index is 1.03. The maximum Gasteiger partial charge on any atom is 0.128 e. The van der Waals surface area contributed by atoms with E-state index in [-0.39, 0.29) is 0 Å². The van der Waals surface area contributed by atoms with Gasteiger partial charge in [0, 0.05) is 21.0 Å². The van der Waals surface area contributed by atoms with E-state index in [2.05, 4.69) is 66.3 Å². The molecule has 102 valence electrons. The number of thiophene rings is 1. The quantitative estimate of drug-likeness (QED) is 0.486. The molecule has 0 aliphatic rings. The molecule has 0 radical (unpaired) electrons. The van der Waals surface area contributed by atoms with Crippen molar-refractivity contribution in [1.29, 1.82) is 0 Å². The number of fused-ring (bicyclic) bond motifs is 3. The first-order chi connectivity index (χ1) is 10.2. The van der Waals surface area contributed by atoms with Crippen molar-refractivity contribution in [3.8, 4) is 11.3 Å². The van der Waals surface area contributed by atoms with Crippen molar-refractivity contribution in [2.75, 3.05) is 0 Å². The first-order valence-electron chi connectivity index (χ1n) is 6.93. The van der Waals surface area contributed by atoms with Gasteiger partial charge < -0.3 is 0 Å². The minimum atomic E-state index is 1.03. The Bertz CT molecular complexity index is 949. The Morgan fingerprint density at radius 2 is 1.67 bits per heavy atom. The van der Waals surface area contributed by atoms with Gasteiger partial charge in [-0.25, -0.2) is 9.97 Å². The van der Waals surface area contributed by atoms with Gasteiger partial charge in [-0.3, -0.25) is 0 Å². The van der Waals surface area contributed by atoms with Crippen molar-refractivity contribution in [3.05, 3.63) is 59.9 Å². The molecule has 4 rings (SSSR count). The van der Waals surface area contributed by atoms with Crippen LogP contribution in [0.5, 0.6) is 0 Å². The van der Waals surface area contributed by atoms with E-state index in [0.717, 1.165) is 10.5 Å². The van der Waals surface area contributed by atoms with Crippen LogP contribution in [-0.2, 0) is 0 Å². The molecule has 21 heavy (non-hydrogen) atoms. The Morgan fingerprint density at radius 3 is 2.48 bits per heavy atom. The molecule has 0 aliphatic carbocycles.